The van der Waals surface area contributed by atoms with Crippen molar-refractivity contribution in [3.8, 4) is 5.75 Å². The number of imidazole rings is 1. The van der Waals surface area contributed by atoms with Crippen LogP contribution in [0.15, 0.2) is 30.5 Å². The molecule has 0 fully saturated rings. The topological polar surface area (TPSA) is 27.1 Å². The van der Waals surface area contributed by atoms with Gasteiger partial charge in [-0.25, -0.2) is 4.98 Å². The van der Waals surface area contributed by atoms with E-state index in [2.05, 4.69) is 27.6 Å². The fraction of sp³-hybridized carbons (Fsp3) is 0.182. The molecule has 0 N–H and O–H groups in total. The second-order valence-electron chi connectivity index (χ2n) is 3.30. The van der Waals surface area contributed by atoms with Crippen LogP contribution in [-0.2, 0) is 13.7 Å². The molecule has 2 rings (SSSR count). The summed E-state index contributed by atoms with van der Waals surface area (Å²) in [5.41, 5.74) is 0. The first kappa shape index (κ1) is 11.7. The van der Waals surface area contributed by atoms with E-state index in [-0.39, 0.29) is 0 Å². The third-order valence-electron chi connectivity index (χ3n) is 2.21. The molecule has 16 heavy (non-hydrogen) atoms. The second kappa shape index (κ2) is 5.05. The number of hydrogen-bond donors (Lipinski definition) is 0. The van der Waals surface area contributed by atoms with E-state index in [0.29, 0.717) is 11.8 Å². The fourth-order valence-corrected chi connectivity index (χ4v) is 1.74. The van der Waals surface area contributed by atoms with Gasteiger partial charge >= 0.3 is 0 Å². The van der Waals surface area contributed by atoms with Gasteiger partial charge in [0.25, 0.3) is 0 Å². The van der Waals surface area contributed by atoms with Crippen molar-refractivity contribution in [2.45, 2.75) is 6.61 Å². The van der Waals surface area contributed by atoms with Crippen molar-refractivity contribution in [2.75, 3.05) is 0 Å². The van der Waals surface area contributed by atoms with E-state index in [1.807, 2.05) is 31.3 Å². The molecular formula is C11H10ClIN2O. The van der Waals surface area contributed by atoms with Crippen LogP contribution in [0.2, 0.25) is 5.15 Å². The molecule has 1 aromatic heterocycles. The minimum absolute atomic E-state index is 0.420. The molecule has 0 saturated heterocycles. The summed E-state index contributed by atoms with van der Waals surface area (Å²) in [5, 5.41) is 0.612. The lowest BCUT2D eigenvalue weighted by Crippen LogP contribution is -2.03. The van der Waals surface area contributed by atoms with Gasteiger partial charge in [-0.05, 0) is 46.9 Å². The van der Waals surface area contributed by atoms with E-state index in [0.717, 1.165) is 11.6 Å². The Bertz CT molecular complexity index is 481. The lowest BCUT2D eigenvalue weighted by Gasteiger charge is -2.06. The van der Waals surface area contributed by atoms with Crippen LogP contribution < -0.4 is 4.74 Å². The Kier molecular flexibility index (Phi) is 3.70. The van der Waals surface area contributed by atoms with Gasteiger partial charge in [0.1, 0.15) is 23.3 Å². The Morgan fingerprint density at radius 3 is 2.62 bits per heavy atom. The predicted octanol–water partition coefficient (Wildman–Crippen LogP) is 3.26. The Balaban J connectivity index is 2.02. The van der Waals surface area contributed by atoms with E-state index in [1.165, 1.54) is 3.57 Å². The van der Waals surface area contributed by atoms with Crippen LogP contribution in [-0.4, -0.2) is 9.55 Å². The molecule has 3 nitrogen and oxygen atoms in total. The third kappa shape index (κ3) is 2.68. The van der Waals surface area contributed by atoms with Gasteiger partial charge in [0.2, 0.25) is 0 Å². The van der Waals surface area contributed by atoms with Gasteiger partial charge in [0, 0.05) is 10.6 Å². The summed E-state index contributed by atoms with van der Waals surface area (Å²) in [6.45, 7) is 0.420. The Labute approximate surface area is 113 Å². The highest BCUT2D eigenvalue weighted by Crippen LogP contribution is 2.16. The lowest BCUT2D eigenvalue weighted by molar-refractivity contribution is 0.292. The van der Waals surface area contributed by atoms with Crippen molar-refractivity contribution in [3.05, 3.63) is 45.0 Å². The maximum Gasteiger partial charge on any atom is 0.147 e. The molecule has 0 radical (unpaired) electrons. The molecule has 0 unspecified atom stereocenters. The van der Waals surface area contributed by atoms with Gasteiger partial charge in [0.15, 0.2) is 0 Å². The van der Waals surface area contributed by atoms with E-state index in [4.69, 9.17) is 16.3 Å². The average Bonchev–Trinajstić information content (AvgIpc) is 2.60. The number of halogens is 2. The first-order valence-corrected chi connectivity index (χ1v) is 6.17. The van der Waals surface area contributed by atoms with E-state index in [9.17, 15) is 0 Å². The zero-order valence-electron chi connectivity index (χ0n) is 8.65. The quantitative estimate of drug-likeness (QED) is 0.796. The average molecular weight is 349 g/mol. The zero-order valence-corrected chi connectivity index (χ0v) is 11.6. The highest BCUT2D eigenvalue weighted by molar-refractivity contribution is 14.1. The standard InChI is InChI=1S/C11H10ClIN2O/c1-15-10(12)6-14-11(15)7-16-9-4-2-8(13)3-5-9/h2-6H,7H2,1H3. The maximum atomic E-state index is 5.88. The number of benzene rings is 1. The molecule has 0 aliphatic heterocycles. The van der Waals surface area contributed by atoms with Crippen LogP contribution in [0.5, 0.6) is 5.75 Å². The molecule has 0 bridgehead atoms. The monoisotopic (exact) mass is 348 g/mol. The van der Waals surface area contributed by atoms with Crippen molar-refractivity contribution in [1.82, 2.24) is 9.55 Å². The first-order valence-electron chi connectivity index (χ1n) is 4.71. The van der Waals surface area contributed by atoms with Gasteiger partial charge in [-0.1, -0.05) is 11.6 Å². The van der Waals surface area contributed by atoms with Gasteiger partial charge in [-0.3, -0.25) is 0 Å². The summed E-state index contributed by atoms with van der Waals surface area (Å²) in [6.07, 6.45) is 1.62. The van der Waals surface area contributed by atoms with Gasteiger partial charge in [-0.15, -0.1) is 0 Å². The number of ether oxygens (including phenoxy) is 1. The van der Waals surface area contributed by atoms with Gasteiger partial charge in [-0.2, -0.15) is 0 Å². The first-order chi connectivity index (χ1) is 7.66. The van der Waals surface area contributed by atoms with Gasteiger partial charge in [0.05, 0.1) is 6.20 Å². The van der Waals surface area contributed by atoms with Crippen molar-refractivity contribution < 1.29 is 4.74 Å². The summed E-state index contributed by atoms with van der Waals surface area (Å²) in [5.74, 6) is 1.64. The summed E-state index contributed by atoms with van der Waals surface area (Å²) < 4.78 is 8.58. The number of hydrogen-bond acceptors (Lipinski definition) is 2. The molecule has 5 heteroatoms. The molecule has 1 aromatic carbocycles. The van der Waals surface area contributed by atoms with Crippen LogP contribution in [0, 0.1) is 3.57 Å². The maximum absolute atomic E-state index is 5.88. The molecule has 1 heterocycles. The highest BCUT2D eigenvalue weighted by Gasteiger charge is 2.04. The fourth-order valence-electron chi connectivity index (χ4n) is 1.24. The minimum atomic E-state index is 0.420. The van der Waals surface area contributed by atoms with Crippen molar-refractivity contribution in [1.29, 1.82) is 0 Å². The molecule has 0 aliphatic rings. The van der Waals surface area contributed by atoms with Crippen LogP contribution >= 0.6 is 34.2 Å². The van der Waals surface area contributed by atoms with Crippen LogP contribution in [0.3, 0.4) is 0 Å². The molecule has 0 spiro atoms. The third-order valence-corrected chi connectivity index (χ3v) is 3.28. The van der Waals surface area contributed by atoms with Crippen molar-refractivity contribution in [2.24, 2.45) is 7.05 Å². The SMILES string of the molecule is Cn1c(Cl)cnc1COc1ccc(I)cc1. The lowest BCUT2D eigenvalue weighted by atomic mass is 10.3. The van der Waals surface area contributed by atoms with Crippen LogP contribution in [0.4, 0.5) is 0 Å². The molecule has 84 valence electrons. The summed E-state index contributed by atoms with van der Waals surface area (Å²) in [6, 6.07) is 7.88. The predicted molar refractivity (Wildman–Crippen MR) is 71.7 cm³/mol. The normalized spacial score (nSPS) is 10.4. The smallest absolute Gasteiger partial charge is 0.147 e. The van der Waals surface area contributed by atoms with Crippen LogP contribution in [0.25, 0.3) is 0 Å². The van der Waals surface area contributed by atoms with Gasteiger partial charge < -0.3 is 9.30 Å². The number of rotatable bonds is 3. The summed E-state index contributed by atoms with van der Waals surface area (Å²) in [4.78, 5) is 4.15. The second-order valence-corrected chi connectivity index (χ2v) is 4.93. The molecule has 0 aliphatic carbocycles. The van der Waals surface area contributed by atoms with Crippen molar-refractivity contribution in [3.63, 3.8) is 0 Å². The number of aromatic nitrogens is 2. The Morgan fingerprint density at radius 2 is 2.06 bits per heavy atom. The Morgan fingerprint density at radius 1 is 1.38 bits per heavy atom. The van der Waals surface area contributed by atoms with E-state index >= 15 is 0 Å². The molecule has 0 amide bonds. The molecular weight excluding hydrogens is 338 g/mol. The summed E-state index contributed by atoms with van der Waals surface area (Å²) in [7, 11) is 1.86. The van der Waals surface area contributed by atoms with Crippen molar-refractivity contribution >= 4 is 34.2 Å². The molecule has 2 aromatic rings. The summed E-state index contributed by atoms with van der Waals surface area (Å²) >= 11 is 8.13. The van der Waals surface area contributed by atoms with E-state index < -0.39 is 0 Å². The molecule has 0 saturated carbocycles. The Hall–Kier alpha value is -0.750. The molecule has 0 atom stereocenters. The minimum Gasteiger partial charge on any atom is -0.486 e. The van der Waals surface area contributed by atoms with Crippen LogP contribution in [0.1, 0.15) is 5.82 Å². The zero-order chi connectivity index (χ0) is 11.5. The highest BCUT2D eigenvalue weighted by atomic mass is 127. The number of nitrogens with zero attached hydrogens (tertiary/aromatic N) is 2. The largest absolute Gasteiger partial charge is 0.486 e. The van der Waals surface area contributed by atoms with E-state index in [1.54, 1.807) is 10.8 Å².